The van der Waals surface area contributed by atoms with Crippen molar-refractivity contribution in [1.82, 2.24) is 5.32 Å². The summed E-state index contributed by atoms with van der Waals surface area (Å²) in [6, 6.07) is 15.2. The molecule has 0 saturated carbocycles. The van der Waals surface area contributed by atoms with Crippen LogP contribution in [0.15, 0.2) is 48.5 Å². The summed E-state index contributed by atoms with van der Waals surface area (Å²) in [4.78, 5) is 23.5. The van der Waals surface area contributed by atoms with Gasteiger partial charge in [0.2, 0.25) is 5.91 Å². The van der Waals surface area contributed by atoms with E-state index in [4.69, 9.17) is 28.3 Å². The van der Waals surface area contributed by atoms with Crippen LogP contribution in [-0.2, 0) is 16.0 Å². The van der Waals surface area contributed by atoms with Crippen LogP contribution in [0.1, 0.15) is 36.3 Å². The van der Waals surface area contributed by atoms with Crippen molar-refractivity contribution in [3.63, 3.8) is 0 Å². The van der Waals surface area contributed by atoms with Gasteiger partial charge in [0.25, 0.3) is 0 Å². The first-order valence-electron chi connectivity index (χ1n) is 8.94. The summed E-state index contributed by atoms with van der Waals surface area (Å²) in [6.07, 6.45) is 1.89. The van der Waals surface area contributed by atoms with Gasteiger partial charge in [0.1, 0.15) is 0 Å². The number of carbonyl (C=O) groups is 2. The number of piperidine rings is 1. The maximum absolute atomic E-state index is 12.4. The number of amides is 1. The second-order valence-corrected chi connectivity index (χ2v) is 7.85. The molecule has 1 amide bonds. The maximum Gasteiger partial charge on any atom is 0.304 e. The molecule has 4 nitrogen and oxygen atoms in total. The zero-order valence-corrected chi connectivity index (χ0v) is 16.2. The van der Waals surface area contributed by atoms with E-state index < -0.39 is 11.9 Å². The van der Waals surface area contributed by atoms with E-state index in [-0.39, 0.29) is 24.3 Å². The molecule has 27 heavy (non-hydrogen) atoms. The van der Waals surface area contributed by atoms with E-state index >= 15 is 0 Å². The van der Waals surface area contributed by atoms with Gasteiger partial charge in [-0.05, 0) is 54.7 Å². The van der Waals surface area contributed by atoms with Crippen molar-refractivity contribution in [3.05, 3.63) is 69.7 Å². The van der Waals surface area contributed by atoms with E-state index in [9.17, 15) is 9.59 Å². The summed E-state index contributed by atoms with van der Waals surface area (Å²) >= 11 is 12.1. The lowest BCUT2D eigenvalue weighted by Crippen LogP contribution is -2.49. The largest absolute Gasteiger partial charge is 0.481 e. The molecule has 1 fully saturated rings. The third-order valence-corrected chi connectivity index (χ3v) is 5.56. The lowest BCUT2D eigenvalue weighted by Gasteiger charge is -2.36. The molecular weight excluding hydrogens is 385 g/mol. The first-order valence-corrected chi connectivity index (χ1v) is 9.70. The fourth-order valence-electron chi connectivity index (χ4n) is 3.72. The van der Waals surface area contributed by atoms with Crippen LogP contribution in [0.3, 0.4) is 0 Å². The minimum atomic E-state index is -0.959. The highest BCUT2D eigenvalue weighted by Gasteiger charge is 2.37. The Bertz CT molecular complexity index is 822. The minimum Gasteiger partial charge on any atom is -0.481 e. The van der Waals surface area contributed by atoms with E-state index in [2.05, 4.69) is 5.32 Å². The normalized spacial score (nSPS) is 22.3. The number of nitrogens with one attached hydrogen (secondary N) is 1. The van der Waals surface area contributed by atoms with Crippen LogP contribution in [0.4, 0.5) is 0 Å². The van der Waals surface area contributed by atoms with Crippen molar-refractivity contribution in [1.29, 1.82) is 0 Å². The Labute approximate surface area is 168 Å². The van der Waals surface area contributed by atoms with Crippen molar-refractivity contribution in [3.8, 4) is 0 Å². The standard InChI is InChI=1S/C21H21Cl2NO3/c22-16-7-4-13(5-8-16)6-9-19-18(14-2-1-3-17(23)10-14)11-15(12-20(25)26)21(27)24-19/h1-5,7-8,10,15,18-19H,6,9,11-12H2,(H,24,27)(H,25,26)/t15-,18-,19+/m1/s1. The molecule has 1 heterocycles. The zero-order valence-electron chi connectivity index (χ0n) is 14.7. The highest BCUT2D eigenvalue weighted by atomic mass is 35.5. The lowest BCUT2D eigenvalue weighted by atomic mass is 9.77. The lowest BCUT2D eigenvalue weighted by molar-refractivity contribution is -0.142. The fourth-order valence-corrected chi connectivity index (χ4v) is 4.04. The summed E-state index contributed by atoms with van der Waals surface area (Å²) < 4.78 is 0. The molecular formula is C21H21Cl2NO3. The number of hydrogen-bond donors (Lipinski definition) is 2. The van der Waals surface area contributed by atoms with Crippen LogP contribution in [0.5, 0.6) is 0 Å². The topological polar surface area (TPSA) is 66.4 Å². The molecule has 1 aliphatic rings. The Morgan fingerprint density at radius 3 is 2.52 bits per heavy atom. The third-order valence-electron chi connectivity index (χ3n) is 5.08. The van der Waals surface area contributed by atoms with E-state index in [1.165, 1.54) is 0 Å². The summed E-state index contributed by atoms with van der Waals surface area (Å²) in [5.41, 5.74) is 2.17. The van der Waals surface area contributed by atoms with E-state index in [1.807, 2.05) is 48.5 Å². The summed E-state index contributed by atoms with van der Waals surface area (Å²) in [5.74, 6) is -1.65. The van der Waals surface area contributed by atoms with Crippen molar-refractivity contribution in [2.45, 2.75) is 37.6 Å². The van der Waals surface area contributed by atoms with Crippen LogP contribution in [0, 0.1) is 5.92 Å². The van der Waals surface area contributed by atoms with Crippen molar-refractivity contribution < 1.29 is 14.7 Å². The molecule has 2 N–H and O–H groups in total. The predicted molar refractivity (Wildman–Crippen MR) is 106 cm³/mol. The maximum atomic E-state index is 12.4. The average molecular weight is 406 g/mol. The first kappa shape index (κ1) is 19.7. The van der Waals surface area contributed by atoms with Gasteiger partial charge in [-0.25, -0.2) is 0 Å². The number of aryl methyl sites for hydroxylation is 1. The second-order valence-electron chi connectivity index (χ2n) is 6.97. The summed E-state index contributed by atoms with van der Waals surface area (Å²) in [5, 5.41) is 13.5. The van der Waals surface area contributed by atoms with Crippen molar-refractivity contribution in [2.24, 2.45) is 5.92 Å². The van der Waals surface area contributed by atoms with Crippen molar-refractivity contribution in [2.75, 3.05) is 0 Å². The summed E-state index contributed by atoms with van der Waals surface area (Å²) in [7, 11) is 0. The molecule has 3 atom stereocenters. The van der Waals surface area contributed by atoms with Gasteiger partial charge in [-0.15, -0.1) is 0 Å². The molecule has 0 aromatic heterocycles. The number of carbonyl (C=O) groups excluding carboxylic acids is 1. The number of aliphatic carboxylic acids is 1. The van der Waals surface area contributed by atoms with Crippen LogP contribution < -0.4 is 5.32 Å². The Kier molecular flexibility index (Phi) is 6.40. The van der Waals surface area contributed by atoms with Crippen LogP contribution >= 0.6 is 23.2 Å². The molecule has 0 bridgehead atoms. The molecule has 0 unspecified atom stereocenters. The number of benzene rings is 2. The molecule has 1 saturated heterocycles. The predicted octanol–water partition coefficient (Wildman–Crippen LogP) is 4.69. The van der Waals surface area contributed by atoms with Crippen LogP contribution in [0.2, 0.25) is 10.0 Å². The molecule has 3 rings (SSSR count). The monoisotopic (exact) mass is 405 g/mol. The fraction of sp³-hybridized carbons (Fsp3) is 0.333. The zero-order chi connectivity index (χ0) is 19.4. The van der Waals surface area contributed by atoms with Crippen LogP contribution in [0.25, 0.3) is 0 Å². The Hall–Kier alpha value is -2.04. The van der Waals surface area contributed by atoms with E-state index in [1.54, 1.807) is 0 Å². The number of halogens is 2. The second kappa shape index (κ2) is 8.77. The average Bonchev–Trinajstić information content (AvgIpc) is 2.62. The van der Waals surface area contributed by atoms with Gasteiger partial charge in [-0.1, -0.05) is 47.5 Å². The van der Waals surface area contributed by atoms with Gasteiger partial charge in [0, 0.05) is 27.9 Å². The highest BCUT2D eigenvalue weighted by Crippen LogP contribution is 2.35. The van der Waals surface area contributed by atoms with Gasteiger partial charge < -0.3 is 10.4 Å². The van der Waals surface area contributed by atoms with E-state index in [0.29, 0.717) is 16.5 Å². The van der Waals surface area contributed by atoms with Gasteiger partial charge in [0.15, 0.2) is 0 Å². The van der Waals surface area contributed by atoms with Gasteiger partial charge in [-0.2, -0.15) is 0 Å². The van der Waals surface area contributed by atoms with E-state index in [0.717, 1.165) is 24.0 Å². The number of carboxylic acid groups (broad SMARTS) is 1. The van der Waals surface area contributed by atoms with Crippen molar-refractivity contribution >= 4 is 35.1 Å². The molecule has 0 aliphatic carbocycles. The highest BCUT2D eigenvalue weighted by molar-refractivity contribution is 6.30. The SMILES string of the molecule is O=C(O)C[C@H]1C[C@H](c2cccc(Cl)c2)[C@H](CCc2ccc(Cl)cc2)NC1=O. The smallest absolute Gasteiger partial charge is 0.304 e. The van der Waals surface area contributed by atoms with Gasteiger partial charge >= 0.3 is 5.97 Å². The van der Waals surface area contributed by atoms with Crippen LogP contribution in [-0.4, -0.2) is 23.0 Å². The molecule has 0 spiro atoms. The molecule has 1 aliphatic heterocycles. The minimum absolute atomic E-state index is 0.0260. The molecule has 2 aromatic carbocycles. The Morgan fingerprint density at radius 1 is 1.11 bits per heavy atom. The van der Waals surface area contributed by atoms with Gasteiger partial charge in [0.05, 0.1) is 6.42 Å². The molecule has 0 radical (unpaired) electrons. The van der Waals surface area contributed by atoms with Gasteiger partial charge in [-0.3, -0.25) is 9.59 Å². The molecule has 142 valence electrons. The summed E-state index contributed by atoms with van der Waals surface area (Å²) in [6.45, 7) is 0. The number of rotatable bonds is 6. The number of carboxylic acids is 1. The Morgan fingerprint density at radius 2 is 1.85 bits per heavy atom. The molecule has 6 heteroatoms. The molecule has 2 aromatic rings. The quantitative estimate of drug-likeness (QED) is 0.732. The number of hydrogen-bond acceptors (Lipinski definition) is 2. The third kappa shape index (κ3) is 5.24. The first-order chi connectivity index (χ1) is 12.9. The Balaban J connectivity index is 1.79.